The number of hydrogen-bond donors (Lipinski definition) is 0. The van der Waals surface area contributed by atoms with Gasteiger partial charge in [0, 0.05) is 19.3 Å². The Morgan fingerprint density at radius 3 is 0.623 bits per heavy atom. The summed E-state index contributed by atoms with van der Waals surface area (Å²) < 4.78 is 16.9. The van der Waals surface area contributed by atoms with Gasteiger partial charge in [0.2, 0.25) is 0 Å². The molecule has 6 nitrogen and oxygen atoms in total. The fraction of sp³-hybridized carbons (Fsp3) is 0.952. The molecule has 0 aromatic carbocycles. The van der Waals surface area contributed by atoms with Gasteiger partial charge in [-0.15, -0.1) is 0 Å². The first kappa shape index (κ1) is 67.4. The van der Waals surface area contributed by atoms with Crippen molar-refractivity contribution in [1.82, 2.24) is 0 Å². The summed E-state index contributed by atoms with van der Waals surface area (Å²) in [5, 5.41) is 0. The predicted molar refractivity (Wildman–Crippen MR) is 298 cm³/mol. The second-order valence-corrected chi connectivity index (χ2v) is 23.1. The third-order valence-corrected chi connectivity index (χ3v) is 14.4. The van der Waals surface area contributed by atoms with Gasteiger partial charge in [0.15, 0.2) is 6.10 Å². The monoisotopic (exact) mass is 975 g/mol. The molecule has 0 amide bonds. The van der Waals surface area contributed by atoms with Gasteiger partial charge < -0.3 is 14.2 Å². The second kappa shape index (κ2) is 54.2. The number of rotatable bonds is 56. The first-order valence-corrected chi connectivity index (χ1v) is 31.1. The van der Waals surface area contributed by atoms with Crippen LogP contribution in [0.25, 0.3) is 0 Å². The van der Waals surface area contributed by atoms with Crippen LogP contribution in [-0.2, 0) is 28.6 Å². The van der Waals surface area contributed by atoms with Crippen molar-refractivity contribution >= 4 is 17.9 Å². The molecule has 0 aromatic rings. The van der Waals surface area contributed by atoms with E-state index in [-0.39, 0.29) is 31.1 Å². The fourth-order valence-electron chi connectivity index (χ4n) is 9.71. The van der Waals surface area contributed by atoms with E-state index in [0.717, 1.165) is 75.5 Å². The Balaban J connectivity index is 4.29. The van der Waals surface area contributed by atoms with Gasteiger partial charge in [-0.1, -0.05) is 311 Å². The Labute approximate surface area is 431 Å². The maximum Gasteiger partial charge on any atom is 0.306 e. The third kappa shape index (κ3) is 57.2. The molecule has 0 aliphatic rings. The second-order valence-electron chi connectivity index (χ2n) is 23.1. The Bertz CT molecular complexity index is 1070. The lowest BCUT2D eigenvalue weighted by Crippen LogP contribution is -2.30. The van der Waals surface area contributed by atoms with Crippen LogP contribution in [0.1, 0.15) is 350 Å². The van der Waals surface area contributed by atoms with Gasteiger partial charge in [0.1, 0.15) is 13.2 Å². The SMILES string of the molecule is CC(C)CCCCCCCCCCCCCCCCCCC(=O)O[C@H](COC(=O)CCCCCCCCCCCCCCCCC(C)C)COC(=O)CCCCCCCCCCCCCCC(C)C. The zero-order chi connectivity index (χ0) is 50.5. The van der Waals surface area contributed by atoms with Gasteiger partial charge in [-0.3, -0.25) is 14.4 Å². The lowest BCUT2D eigenvalue weighted by molar-refractivity contribution is -0.167. The minimum atomic E-state index is -0.764. The highest BCUT2D eigenvalue weighted by atomic mass is 16.6. The van der Waals surface area contributed by atoms with E-state index in [2.05, 4.69) is 41.5 Å². The number of esters is 3. The lowest BCUT2D eigenvalue weighted by Gasteiger charge is -2.18. The maximum absolute atomic E-state index is 12.9. The number of carbonyl (C=O) groups excluding carboxylic acids is 3. The highest BCUT2D eigenvalue weighted by Gasteiger charge is 2.19. The van der Waals surface area contributed by atoms with Crippen molar-refractivity contribution in [2.24, 2.45) is 17.8 Å². The molecule has 410 valence electrons. The average Bonchev–Trinajstić information content (AvgIpc) is 3.31. The fourth-order valence-corrected chi connectivity index (χ4v) is 9.71. The summed E-state index contributed by atoms with van der Waals surface area (Å²) in [4.78, 5) is 38.3. The van der Waals surface area contributed by atoms with Crippen LogP contribution in [0.15, 0.2) is 0 Å². The van der Waals surface area contributed by atoms with Crippen LogP contribution in [0.3, 0.4) is 0 Å². The van der Waals surface area contributed by atoms with Crippen molar-refractivity contribution in [1.29, 1.82) is 0 Å². The minimum Gasteiger partial charge on any atom is -0.462 e. The highest BCUT2D eigenvalue weighted by molar-refractivity contribution is 5.71. The molecule has 0 spiro atoms. The van der Waals surface area contributed by atoms with Gasteiger partial charge in [0.25, 0.3) is 0 Å². The molecule has 0 bridgehead atoms. The van der Waals surface area contributed by atoms with E-state index in [9.17, 15) is 14.4 Å². The topological polar surface area (TPSA) is 78.9 Å². The summed E-state index contributed by atoms with van der Waals surface area (Å²) >= 11 is 0. The molecule has 0 saturated heterocycles. The van der Waals surface area contributed by atoms with Gasteiger partial charge in [-0.05, 0) is 37.0 Å². The van der Waals surface area contributed by atoms with Crippen LogP contribution in [0.5, 0.6) is 0 Å². The average molecular weight is 976 g/mol. The first-order chi connectivity index (χ1) is 33.6. The molecule has 0 saturated carbocycles. The summed E-state index contributed by atoms with van der Waals surface area (Å²) in [6.07, 6.45) is 58.1. The van der Waals surface area contributed by atoms with E-state index in [4.69, 9.17) is 14.2 Å². The van der Waals surface area contributed by atoms with Crippen LogP contribution in [0.4, 0.5) is 0 Å². The normalized spacial score (nSPS) is 12.1. The van der Waals surface area contributed by atoms with Crippen LogP contribution < -0.4 is 0 Å². The van der Waals surface area contributed by atoms with Crippen molar-refractivity contribution in [3.05, 3.63) is 0 Å². The smallest absolute Gasteiger partial charge is 0.306 e. The number of hydrogen-bond acceptors (Lipinski definition) is 6. The minimum absolute atomic E-state index is 0.0628. The number of ether oxygens (including phenoxy) is 3. The molecule has 0 aromatic heterocycles. The Hall–Kier alpha value is -1.59. The molecule has 0 fully saturated rings. The Kier molecular flexibility index (Phi) is 52.9. The molecule has 6 heteroatoms. The summed E-state index contributed by atoms with van der Waals surface area (Å²) in [6.45, 7) is 13.8. The van der Waals surface area contributed by atoms with Gasteiger partial charge in [0.05, 0.1) is 0 Å². The van der Waals surface area contributed by atoms with E-state index in [1.54, 1.807) is 0 Å². The molecule has 69 heavy (non-hydrogen) atoms. The molecule has 0 rings (SSSR count). The van der Waals surface area contributed by atoms with Gasteiger partial charge >= 0.3 is 17.9 Å². The molecular formula is C63H122O6. The van der Waals surface area contributed by atoms with Crippen LogP contribution in [-0.4, -0.2) is 37.2 Å². The molecule has 0 N–H and O–H groups in total. The first-order valence-electron chi connectivity index (χ1n) is 31.1. The molecule has 0 aliphatic heterocycles. The summed E-state index contributed by atoms with van der Waals surface area (Å²) in [7, 11) is 0. The lowest BCUT2D eigenvalue weighted by atomic mass is 10.0. The third-order valence-electron chi connectivity index (χ3n) is 14.4. The van der Waals surface area contributed by atoms with E-state index in [0.29, 0.717) is 19.3 Å². The number of carbonyl (C=O) groups is 3. The molecule has 0 radical (unpaired) electrons. The largest absolute Gasteiger partial charge is 0.462 e. The molecule has 0 unspecified atom stereocenters. The van der Waals surface area contributed by atoms with Crippen molar-refractivity contribution in [2.45, 2.75) is 356 Å². The van der Waals surface area contributed by atoms with E-state index >= 15 is 0 Å². The predicted octanol–water partition coefficient (Wildman–Crippen LogP) is 20.7. The van der Waals surface area contributed by atoms with Crippen molar-refractivity contribution in [3.8, 4) is 0 Å². The standard InChI is InChI=1S/C63H122O6/c1-57(2)49-43-37-31-25-19-13-9-7-8-10-16-24-30-36-42-48-54-63(66)69-60(56-68-62(65)53-47-41-35-29-23-18-17-21-27-33-39-45-51-59(5)6)55-67-61(64)52-46-40-34-28-22-15-12-11-14-20-26-32-38-44-50-58(3)4/h57-60H,7-56H2,1-6H3/t60-/m1/s1. The highest BCUT2D eigenvalue weighted by Crippen LogP contribution is 2.19. The molecule has 0 aliphatic carbocycles. The zero-order valence-electron chi connectivity index (χ0n) is 47.6. The molecular weight excluding hydrogens is 853 g/mol. The molecule has 1 atom stereocenters. The zero-order valence-corrected chi connectivity index (χ0v) is 47.6. The van der Waals surface area contributed by atoms with Crippen molar-refractivity contribution in [2.75, 3.05) is 13.2 Å². The van der Waals surface area contributed by atoms with Crippen LogP contribution >= 0.6 is 0 Å². The van der Waals surface area contributed by atoms with Crippen molar-refractivity contribution < 1.29 is 28.6 Å². The van der Waals surface area contributed by atoms with E-state index < -0.39 is 6.10 Å². The Morgan fingerprint density at radius 2 is 0.420 bits per heavy atom. The van der Waals surface area contributed by atoms with Crippen LogP contribution in [0.2, 0.25) is 0 Å². The van der Waals surface area contributed by atoms with E-state index in [1.807, 2.05) is 0 Å². The summed E-state index contributed by atoms with van der Waals surface area (Å²) in [5.74, 6) is 1.69. The van der Waals surface area contributed by atoms with Gasteiger partial charge in [-0.2, -0.15) is 0 Å². The summed E-state index contributed by atoms with van der Waals surface area (Å²) in [6, 6.07) is 0. The van der Waals surface area contributed by atoms with Crippen LogP contribution in [0, 0.1) is 17.8 Å². The van der Waals surface area contributed by atoms with Crippen molar-refractivity contribution in [3.63, 3.8) is 0 Å². The number of unbranched alkanes of at least 4 members (excludes halogenated alkanes) is 39. The van der Waals surface area contributed by atoms with E-state index in [1.165, 1.54) is 231 Å². The van der Waals surface area contributed by atoms with Gasteiger partial charge in [-0.25, -0.2) is 0 Å². The Morgan fingerprint density at radius 1 is 0.246 bits per heavy atom. The maximum atomic E-state index is 12.9. The summed E-state index contributed by atoms with van der Waals surface area (Å²) in [5.41, 5.74) is 0. The molecule has 0 heterocycles. The quantitative estimate of drug-likeness (QED) is 0.0343.